The molecule has 1 aliphatic heterocycles. The SMILES string of the molecule is CCCN(C(=O)CC(NC(C)=O)c1ccccc1)C1CCS(=O)(=O)C1. The molecule has 0 aromatic heterocycles. The molecule has 1 aliphatic rings. The normalized spacial score (nSPS) is 20.0. The van der Waals surface area contributed by atoms with Gasteiger partial charge in [-0.1, -0.05) is 37.3 Å². The Balaban J connectivity index is 2.15. The number of sulfone groups is 1. The minimum Gasteiger partial charge on any atom is -0.349 e. The lowest BCUT2D eigenvalue weighted by atomic mass is 10.0. The molecule has 1 N–H and O–H groups in total. The summed E-state index contributed by atoms with van der Waals surface area (Å²) in [5.41, 5.74) is 0.863. The lowest BCUT2D eigenvalue weighted by Crippen LogP contribution is -2.43. The van der Waals surface area contributed by atoms with Gasteiger partial charge in [0.25, 0.3) is 0 Å². The third-order valence-electron chi connectivity index (χ3n) is 4.39. The largest absolute Gasteiger partial charge is 0.349 e. The van der Waals surface area contributed by atoms with Gasteiger partial charge in [0.05, 0.1) is 24.0 Å². The molecule has 138 valence electrons. The summed E-state index contributed by atoms with van der Waals surface area (Å²) in [6.07, 6.45) is 1.38. The molecule has 1 aromatic rings. The number of nitrogens with one attached hydrogen (secondary N) is 1. The van der Waals surface area contributed by atoms with Gasteiger partial charge in [-0.25, -0.2) is 8.42 Å². The van der Waals surface area contributed by atoms with Crippen LogP contribution in [0.15, 0.2) is 30.3 Å². The Bertz CT molecular complexity index is 703. The topological polar surface area (TPSA) is 83.6 Å². The number of rotatable bonds is 7. The summed E-state index contributed by atoms with van der Waals surface area (Å²) in [7, 11) is -3.06. The van der Waals surface area contributed by atoms with Gasteiger partial charge in [-0.3, -0.25) is 9.59 Å². The maximum atomic E-state index is 12.9. The Morgan fingerprint density at radius 2 is 1.96 bits per heavy atom. The van der Waals surface area contributed by atoms with Crippen molar-refractivity contribution in [3.63, 3.8) is 0 Å². The molecule has 0 aliphatic carbocycles. The van der Waals surface area contributed by atoms with Crippen LogP contribution in [0.25, 0.3) is 0 Å². The first-order chi connectivity index (χ1) is 11.8. The van der Waals surface area contributed by atoms with Crippen LogP contribution in [0, 0.1) is 0 Å². The summed E-state index contributed by atoms with van der Waals surface area (Å²) >= 11 is 0. The van der Waals surface area contributed by atoms with Crippen molar-refractivity contribution in [2.45, 2.75) is 45.2 Å². The first kappa shape index (κ1) is 19.4. The predicted octanol–water partition coefficient (Wildman–Crippen LogP) is 1.68. The smallest absolute Gasteiger partial charge is 0.225 e. The van der Waals surface area contributed by atoms with E-state index in [1.165, 1.54) is 6.92 Å². The van der Waals surface area contributed by atoms with Gasteiger partial charge in [0.15, 0.2) is 9.84 Å². The fourth-order valence-electron chi connectivity index (χ4n) is 3.25. The van der Waals surface area contributed by atoms with E-state index in [1.807, 2.05) is 37.3 Å². The van der Waals surface area contributed by atoms with Crippen molar-refractivity contribution in [1.29, 1.82) is 0 Å². The molecule has 2 atom stereocenters. The monoisotopic (exact) mass is 366 g/mol. The summed E-state index contributed by atoms with van der Waals surface area (Å²) in [6.45, 7) is 3.92. The van der Waals surface area contributed by atoms with Crippen molar-refractivity contribution in [2.75, 3.05) is 18.1 Å². The molecular weight excluding hydrogens is 340 g/mol. The predicted molar refractivity (Wildman–Crippen MR) is 96.7 cm³/mol. The van der Waals surface area contributed by atoms with Gasteiger partial charge < -0.3 is 10.2 Å². The van der Waals surface area contributed by atoms with Crippen molar-refractivity contribution in [3.8, 4) is 0 Å². The van der Waals surface area contributed by atoms with Crippen LogP contribution in [0.4, 0.5) is 0 Å². The molecule has 1 fully saturated rings. The Kier molecular flexibility index (Phi) is 6.58. The first-order valence-electron chi connectivity index (χ1n) is 8.64. The van der Waals surface area contributed by atoms with Crippen LogP contribution in [-0.2, 0) is 19.4 Å². The number of amides is 2. The maximum Gasteiger partial charge on any atom is 0.225 e. The fourth-order valence-corrected chi connectivity index (χ4v) is 4.98. The molecule has 1 aromatic carbocycles. The highest BCUT2D eigenvalue weighted by molar-refractivity contribution is 7.91. The lowest BCUT2D eigenvalue weighted by Gasteiger charge is -2.30. The van der Waals surface area contributed by atoms with Crippen molar-refractivity contribution in [1.82, 2.24) is 10.2 Å². The molecule has 2 rings (SSSR count). The zero-order chi connectivity index (χ0) is 18.4. The number of hydrogen-bond donors (Lipinski definition) is 1. The van der Waals surface area contributed by atoms with E-state index in [4.69, 9.17) is 0 Å². The molecule has 6 nitrogen and oxygen atoms in total. The van der Waals surface area contributed by atoms with Crippen molar-refractivity contribution < 1.29 is 18.0 Å². The lowest BCUT2D eigenvalue weighted by molar-refractivity contribution is -0.134. The Labute approximate surface area is 149 Å². The number of carbonyl (C=O) groups excluding carboxylic acids is 2. The van der Waals surface area contributed by atoms with Crippen LogP contribution in [-0.4, -0.2) is 49.2 Å². The zero-order valence-corrected chi connectivity index (χ0v) is 15.6. The van der Waals surface area contributed by atoms with E-state index in [1.54, 1.807) is 4.90 Å². The van der Waals surface area contributed by atoms with Gasteiger partial charge in [0.1, 0.15) is 0 Å². The molecular formula is C18H26N2O4S. The van der Waals surface area contributed by atoms with Crippen LogP contribution in [0.5, 0.6) is 0 Å². The zero-order valence-electron chi connectivity index (χ0n) is 14.8. The summed E-state index contributed by atoms with van der Waals surface area (Å²) in [6, 6.07) is 8.68. The first-order valence-corrected chi connectivity index (χ1v) is 10.5. The number of hydrogen-bond acceptors (Lipinski definition) is 4. The van der Waals surface area contributed by atoms with Gasteiger partial charge in [0.2, 0.25) is 11.8 Å². The van der Waals surface area contributed by atoms with E-state index in [9.17, 15) is 18.0 Å². The summed E-state index contributed by atoms with van der Waals surface area (Å²) in [5.74, 6) is -0.146. The molecule has 7 heteroatoms. The Morgan fingerprint density at radius 3 is 2.48 bits per heavy atom. The van der Waals surface area contributed by atoms with E-state index >= 15 is 0 Å². The average Bonchev–Trinajstić information content (AvgIpc) is 2.92. The molecule has 1 heterocycles. The highest BCUT2D eigenvalue weighted by Crippen LogP contribution is 2.23. The highest BCUT2D eigenvalue weighted by Gasteiger charge is 2.35. The molecule has 0 saturated carbocycles. The van der Waals surface area contributed by atoms with Crippen LogP contribution in [0.3, 0.4) is 0 Å². The van der Waals surface area contributed by atoms with Gasteiger partial charge >= 0.3 is 0 Å². The number of nitrogens with zero attached hydrogens (tertiary/aromatic N) is 1. The van der Waals surface area contributed by atoms with Crippen molar-refractivity contribution in [3.05, 3.63) is 35.9 Å². The van der Waals surface area contributed by atoms with Crippen molar-refractivity contribution in [2.24, 2.45) is 0 Å². The minimum absolute atomic E-state index is 0.0366. The number of benzene rings is 1. The third kappa shape index (κ3) is 5.56. The Morgan fingerprint density at radius 1 is 1.28 bits per heavy atom. The van der Waals surface area contributed by atoms with Gasteiger partial charge in [-0.2, -0.15) is 0 Å². The average molecular weight is 366 g/mol. The fraction of sp³-hybridized carbons (Fsp3) is 0.556. The molecule has 25 heavy (non-hydrogen) atoms. The standard InChI is InChI=1S/C18H26N2O4S/c1-3-10-20(16-9-11-25(23,24)13-16)18(22)12-17(19-14(2)21)15-7-5-4-6-8-15/h4-8,16-17H,3,9-13H2,1-2H3,(H,19,21). The van der Waals surface area contributed by atoms with Crippen LogP contribution >= 0.6 is 0 Å². The maximum absolute atomic E-state index is 12.9. The van der Waals surface area contributed by atoms with E-state index in [0.29, 0.717) is 13.0 Å². The molecule has 2 amide bonds. The van der Waals surface area contributed by atoms with Crippen LogP contribution in [0.1, 0.15) is 44.7 Å². The molecule has 2 unspecified atom stereocenters. The van der Waals surface area contributed by atoms with Gasteiger partial charge in [-0.05, 0) is 18.4 Å². The van der Waals surface area contributed by atoms with Crippen molar-refractivity contribution >= 4 is 21.7 Å². The van der Waals surface area contributed by atoms with E-state index in [2.05, 4.69) is 5.32 Å². The second-order valence-electron chi connectivity index (χ2n) is 6.51. The second-order valence-corrected chi connectivity index (χ2v) is 8.74. The highest BCUT2D eigenvalue weighted by atomic mass is 32.2. The summed E-state index contributed by atoms with van der Waals surface area (Å²) < 4.78 is 23.5. The molecule has 0 bridgehead atoms. The third-order valence-corrected chi connectivity index (χ3v) is 6.14. The van der Waals surface area contributed by atoms with Gasteiger partial charge in [0, 0.05) is 19.5 Å². The van der Waals surface area contributed by atoms with E-state index in [0.717, 1.165) is 12.0 Å². The van der Waals surface area contributed by atoms with Crippen LogP contribution in [0.2, 0.25) is 0 Å². The number of carbonyl (C=O) groups is 2. The minimum atomic E-state index is -3.06. The van der Waals surface area contributed by atoms with Gasteiger partial charge in [-0.15, -0.1) is 0 Å². The second kappa shape index (κ2) is 8.47. The Hall–Kier alpha value is -1.89. The molecule has 1 saturated heterocycles. The quantitative estimate of drug-likeness (QED) is 0.796. The molecule has 0 spiro atoms. The van der Waals surface area contributed by atoms with Crippen LogP contribution < -0.4 is 5.32 Å². The van der Waals surface area contributed by atoms with E-state index in [-0.39, 0.29) is 35.8 Å². The van der Waals surface area contributed by atoms with E-state index < -0.39 is 15.9 Å². The molecule has 0 radical (unpaired) electrons. The summed E-state index contributed by atoms with van der Waals surface area (Å²) in [5, 5.41) is 2.83. The summed E-state index contributed by atoms with van der Waals surface area (Å²) in [4.78, 5) is 26.1.